The van der Waals surface area contributed by atoms with Crippen molar-refractivity contribution in [1.82, 2.24) is 19.5 Å². The Labute approximate surface area is 118 Å². The normalized spacial score (nSPS) is 11.9. The van der Waals surface area contributed by atoms with E-state index >= 15 is 0 Å². The number of hydrogen-bond acceptors (Lipinski definition) is 3. The molecule has 0 saturated heterocycles. The molecule has 0 fully saturated rings. The summed E-state index contributed by atoms with van der Waals surface area (Å²) >= 11 is 0. The number of imidazole rings is 1. The van der Waals surface area contributed by atoms with Gasteiger partial charge in [-0.05, 0) is 18.4 Å². The largest absolute Gasteiger partial charge is 0.305 e. The van der Waals surface area contributed by atoms with Gasteiger partial charge in [0.25, 0.3) is 0 Å². The van der Waals surface area contributed by atoms with Gasteiger partial charge in [-0.3, -0.25) is 0 Å². The van der Waals surface area contributed by atoms with Crippen molar-refractivity contribution in [3.8, 4) is 0 Å². The molecule has 0 saturated carbocycles. The van der Waals surface area contributed by atoms with Crippen LogP contribution in [0.5, 0.6) is 0 Å². The maximum absolute atomic E-state index is 4.44. The highest BCUT2D eigenvalue weighted by Crippen LogP contribution is 2.35. The summed E-state index contributed by atoms with van der Waals surface area (Å²) in [5.74, 6) is 0. The van der Waals surface area contributed by atoms with Crippen LogP contribution >= 0.6 is 0 Å². The zero-order valence-corrected chi connectivity index (χ0v) is 11.8. The second-order valence-electron chi connectivity index (χ2n) is 4.95. The molecule has 0 amide bonds. The van der Waals surface area contributed by atoms with Crippen molar-refractivity contribution in [2.45, 2.75) is 32.2 Å². The van der Waals surface area contributed by atoms with Gasteiger partial charge >= 0.3 is 0 Å². The van der Waals surface area contributed by atoms with Crippen molar-refractivity contribution in [2.24, 2.45) is 0 Å². The molecule has 2 heterocycles. The van der Waals surface area contributed by atoms with Gasteiger partial charge in [0, 0.05) is 0 Å². The lowest BCUT2D eigenvalue weighted by Gasteiger charge is -2.34. The van der Waals surface area contributed by atoms with Crippen molar-refractivity contribution in [1.29, 1.82) is 0 Å². The quantitative estimate of drug-likeness (QED) is 0.727. The standard InChI is InChI=1S/C16H18N4/c1-3-16(4-2,13-8-6-5-7-9-13)20-12-19-14-10-17-11-18-15(14)20/h5-12H,3-4H2,1-2H3. The smallest absolute Gasteiger partial charge is 0.163 e. The molecule has 4 nitrogen and oxygen atoms in total. The molecule has 0 aliphatic carbocycles. The van der Waals surface area contributed by atoms with Crippen LogP contribution in [0.25, 0.3) is 11.2 Å². The molecule has 3 aromatic rings. The van der Waals surface area contributed by atoms with Crippen LogP contribution in [-0.4, -0.2) is 19.5 Å². The zero-order valence-electron chi connectivity index (χ0n) is 11.8. The molecular weight excluding hydrogens is 248 g/mol. The highest BCUT2D eigenvalue weighted by molar-refractivity contribution is 5.69. The molecule has 102 valence electrons. The van der Waals surface area contributed by atoms with Gasteiger partial charge in [-0.25, -0.2) is 15.0 Å². The van der Waals surface area contributed by atoms with E-state index in [1.54, 1.807) is 12.5 Å². The van der Waals surface area contributed by atoms with Crippen LogP contribution in [-0.2, 0) is 5.54 Å². The Hall–Kier alpha value is -2.23. The van der Waals surface area contributed by atoms with E-state index in [0.29, 0.717) is 0 Å². The molecule has 3 rings (SSSR count). The first kappa shape index (κ1) is 12.8. The fourth-order valence-corrected chi connectivity index (χ4v) is 2.97. The highest BCUT2D eigenvalue weighted by atomic mass is 15.2. The fraction of sp³-hybridized carbons (Fsp3) is 0.312. The van der Waals surface area contributed by atoms with Crippen molar-refractivity contribution < 1.29 is 0 Å². The van der Waals surface area contributed by atoms with Crippen LogP contribution in [0.15, 0.2) is 49.2 Å². The molecule has 0 aliphatic heterocycles. The lowest BCUT2D eigenvalue weighted by Crippen LogP contribution is -2.33. The van der Waals surface area contributed by atoms with E-state index in [2.05, 4.69) is 57.6 Å². The number of nitrogens with zero attached hydrogens (tertiary/aromatic N) is 4. The van der Waals surface area contributed by atoms with Gasteiger partial charge in [0.2, 0.25) is 0 Å². The molecule has 0 atom stereocenters. The lowest BCUT2D eigenvalue weighted by atomic mass is 9.84. The zero-order chi connectivity index (χ0) is 14.0. The maximum Gasteiger partial charge on any atom is 0.163 e. The molecule has 0 bridgehead atoms. The van der Waals surface area contributed by atoms with E-state index in [1.165, 1.54) is 5.56 Å². The second-order valence-corrected chi connectivity index (χ2v) is 4.95. The van der Waals surface area contributed by atoms with Crippen LogP contribution < -0.4 is 0 Å². The summed E-state index contributed by atoms with van der Waals surface area (Å²) in [4.78, 5) is 12.9. The third kappa shape index (κ3) is 1.80. The highest BCUT2D eigenvalue weighted by Gasteiger charge is 2.32. The topological polar surface area (TPSA) is 43.6 Å². The Kier molecular flexibility index (Phi) is 3.22. The Bertz CT molecular complexity index is 699. The van der Waals surface area contributed by atoms with Crippen molar-refractivity contribution >= 4 is 11.2 Å². The minimum absolute atomic E-state index is 0.107. The van der Waals surface area contributed by atoms with Crippen molar-refractivity contribution in [3.05, 3.63) is 54.7 Å². The summed E-state index contributed by atoms with van der Waals surface area (Å²) in [6, 6.07) is 10.6. The molecular formula is C16H18N4. The summed E-state index contributed by atoms with van der Waals surface area (Å²) in [7, 11) is 0. The third-order valence-electron chi connectivity index (χ3n) is 4.16. The summed E-state index contributed by atoms with van der Waals surface area (Å²) in [5.41, 5.74) is 2.93. The SMILES string of the molecule is CCC(CC)(c1ccccc1)n1cnc2cncnc21. The van der Waals surface area contributed by atoms with E-state index in [9.17, 15) is 0 Å². The molecule has 0 spiro atoms. The molecule has 2 aromatic heterocycles. The number of benzene rings is 1. The first-order valence-corrected chi connectivity index (χ1v) is 7.01. The molecule has 0 aliphatic rings. The molecule has 0 N–H and O–H groups in total. The summed E-state index contributed by atoms with van der Waals surface area (Å²) in [5, 5.41) is 0. The summed E-state index contributed by atoms with van der Waals surface area (Å²) < 4.78 is 2.19. The first-order chi connectivity index (χ1) is 9.81. The van der Waals surface area contributed by atoms with Crippen LogP contribution in [0.3, 0.4) is 0 Å². The third-order valence-corrected chi connectivity index (χ3v) is 4.16. The summed E-state index contributed by atoms with van der Waals surface area (Å²) in [6.07, 6.45) is 7.22. The molecule has 0 radical (unpaired) electrons. The monoisotopic (exact) mass is 266 g/mol. The van der Waals surface area contributed by atoms with E-state index < -0.39 is 0 Å². The van der Waals surface area contributed by atoms with Gasteiger partial charge in [-0.1, -0.05) is 44.2 Å². The Morgan fingerprint density at radius 1 is 1.05 bits per heavy atom. The predicted octanol–water partition coefficient (Wildman–Crippen LogP) is 3.39. The average molecular weight is 266 g/mol. The van der Waals surface area contributed by atoms with Gasteiger partial charge < -0.3 is 4.57 Å². The van der Waals surface area contributed by atoms with E-state index in [4.69, 9.17) is 0 Å². The number of rotatable bonds is 4. The predicted molar refractivity (Wildman–Crippen MR) is 79.4 cm³/mol. The molecule has 0 unspecified atom stereocenters. The van der Waals surface area contributed by atoms with E-state index in [1.807, 2.05) is 12.4 Å². The lowest BCUT2D eigenvalue weighted by molar-refractivity contribution is 0.335. The number of fused-ring (bicyclic) bond motifs is 1. The van der Waals surface area contributed by atoms with E-state index in [-0.39, 0.29) is 5.54 Å². The maximum atomic E-state index is 4.44. The first-order valence-electron chi connectivity index (χ1n) is 7.01. The van der Waals surface area contributed by atoms with Crippen LogP contribution in [0.4, 0.5) is 0 Å². The molecule has 1 aromatic carbocycles. The molecule has 20 heavy (non-hydrogen) atoms. The van der Waals surface area contributed by atoms with Crippen LogP contribution in [0, 0.1) is 0 Å². The fourth-order valence-electron chi connectivity index (χ4n) is 2.97. The average Bonchev–Trinajstić information content (AvgIpc) is 2.95. The van der Waals surface area contributed by atoms with Gasteiger partial charge in [-0.2, -0.15) is 0 Å². The summed E-state index contributed by atoms with van der Waals surface area (Å²) in [6.45, 7) is 4.42. The Balaban J connectivity index is 2.26. The van der Waals surface area contributed by atoms with E-state index in [0.717, 1.165) is 24.0 Å². The Morgan fingerprint density at radius 3 is 2.50 bits per heavy atom. The van der Waals surface area contributed by atoms with Crippen molar-refractivity contribution in [2.75, 3.05) is 0 Å². The van der Waals surface area contributed by atoms with Crippen molar-refractivity contribution in [3.63, 3.8) is 0 Å². The molecule has 4 heteroatoms. The Morgan fingerprint density at radius 2 is 1.80 bits per heavy atom. The van der Waals surface area contributed by atoms with Crippen LogP contribution in [0.1, 0.15) is 32.3 Å². The van der Waals surface area contributed by atoms with Crippen LogP contribution in [0.2, 0.25) is 0 Å². The second kappa shape index (κ2) is 5.04. The minimum Gasteiger partial charge on any atom is -0.305 e. The number of aromatic nitrogens is 4. The van der Waals surface area contributed by atoms with Gasteiger partial charge in [0.15, 0.2) is 5.65 Å². The van der Waals surface area contributed by atoms with Gasteiger partial charge in [-0.15, -0.1) is 0 Å². The van der Waals surface area contributed by atoms with Gasteiger partial charge in [0.05, 0.1) is 18.1 Å². The number of hydrogen-bond donors (Lipinski definition) is 0. The minimum atomic E-state index is -0.107. The van der Waals surface area contributed by atoms with Gasteiger partial charge in [0.1, 0.15) is 11.8 Å².